The third-order valence-corrected chi connectivity index (χ3v) is 21.5. The first-order valence-electron chi connectivity index (χ1n) is 15.7. The fourth-order valence-corrected chi connectivity index (χ4v) is 19.9. The third-order valence-electron chi connectivity index (χ3n) is 9.28. The maximum absolute atomic E-state index is 6.46. The van der Waals surface area contributed by atoms with Crippen LogP contribution in [0.1, 0.15) is 92.5 Å². The van der Waals surface area contributed by atoms with Gasteiger partial charge in [0.15, 0.2) is 0 Å². The quantitative estimate of drug-likeness (QED) is 0.158. The van der Waals surface area contributed by atoms with E-state index in [-0.39, 0.29) is 35.6 Å². The summed E-state index contributed by atoms with van der Waals surface area (Å²) >= 11 is 9.83. The van der Waals surface area contributed by atoms with Crippen LogP contribution in [0.3, 0.4) is 0 Å². The summed E-state index contributed by atoms with van der Waals surface area (Å²) in [4.78, 5) is 0. The van der Waals surface area contributed by atoms with Gasteiger partial charge in [-0.1, -0.05) is 0 Å². The normalized spacial score (nSPS) is 13.4. The fraction of sp³-hybridized carbons (Fsp3) is 0.293. The summed E-state index contributed by atoms with van der Waals surface area (Å²) in [5, 5.41) is 1.54. The first-order valence-corrected chi connectivity index (χ1v) is 21.8. The second-order valence-corrected chi connectivity index (χ2v) is 24.0. The van der Waals surface area contributed by atoms with Crippen LogP contribution in [0.4, 0.5) is 0 Å². The van der Waals surface area contributed by atoms with Gasteiger partial charge in [-0.25, -0.2) is 0 Å². The van der Waals surface area contributed by atoms with E-state index in [1.165, 1.54) is 53.3 Å². The maximum atomic E-state index is 6.46. The van der Waals surface area contributed by atoms with Gasteiger partial charge in [-0.05, 0) is 0 Å². The molecule has 0 fully saturated rings. The van der Waals surface area contributed by atoms with Crippen molar-refractivity contribution < 1.29 is 21.0 Å². The van der Waals surface area contributed by atoms with Gasteiger partial charge in [-0.15, -0.1) is 24.8 Å². The van der Waals surface area contributed by atoms with E-state index in [0.29, 0.717) is 0 Å². The van der Waals surface area contributed by atoms with E-state index < -0.39 is 21.0 Å². The maximum Gasteiger partial charge on any atom is -0.147 e. The van der Waals surface area contributed by atoms with Crippen molar-refractivity contribution in [2.45, 2.75) is 79.1 Å². The van der Waals surface area contributed by atoms with Crippen LogP contribution >= 0.6 is 48.0 Å². The summed E-state index contributed by atoms with van der Waals surface area (Å²) in [6.07, 6.45) is 9.09. The van der Waals surface area contributed by atoms with E-state index in [4.69, 9.17) is 23.2 Å². The molecule has 0 radical (unpaired) electrons. The summed E-state index contributed by atoms with van der Waals surface area (Å²) in [5.74, 6) is 0. The Morgan fingerprint density at radius 2 is 1.22 bits per heavy atom. The first kappa shape index (κ1) is 37.1. The van der Waals surface area contributed by atoms with Crippen molar-refractivity contribution in [1.29, 1.82) is 0 Å². The molecule has 4 aromatic carbocycles. The van der Waals surface area contributed by atoms with Gasteiger partial charge in [0.1, 0.15) is 0 Å². The molecule has 0 bridgehead atoms. The number of benzene rings is 4. The Morgan fingerprint density at radius 1 is 0.696 bits per heavy atom. The molecule has 0 nitrogen and oxygen atoms in total. The van der Waals surface area contributed by atoms with E-state index in [1.807, 2.05) is 24.3 Å². The molecule has 0 heterocycles. The zero-order valence-electron chi connectivity index (χ0n) is 28.1. The Balaban J connectivity index is 0.00000240. The van der Waals surface area contributed by atoms with Gasteiger partial charge in [0.2, 0.25) is 0 Å². The average molecular weight is 857 g/mol. The molecule has 0 aliphatic heterocycles. The van der Waals surface area contributed by atoms with Crippen LogP contribution in [-0.4, -0.2) is 3.26 Å². The van der Waals surface area contributed by atoms with Crippen molar-refractivity contribution in [3.05, 3.63) is 143 Å². The van der Waals surface area contributed by atoms with Crippen LogP contribution < -0.4 is 3.32 Å². The van der Waals surface area contributed by atoms with Crippen LogP contribution in [0.25, 0.3) is 11.1 Å². The Kier molecular flexibility index (Phi) is 11.3. The molecule has 5 heteroatoms. The summed E-state index contributed by atoms with van der Waals surface area (Å²) in [6, 6.07) is 24.7. The molecule has 4 aromatic rings. The van der Waals surface area contributed by atoms with E-state index in [1.54, 1.807) is 12.2 Å². The van der Waals surface area contributed by atoms with E-state index in [9.17, 15) is 0 Å². The van der Waals surface area contributed by atoms with Gasteiger partial charge < -0.3 is 0 Å². The average Bonchev–Trinajstić information content (AvgIpc) is 3.59. The summed E-state index contributed by atoms with van der Waals surface area (Å²) in [7, 11) is 0. The van der Waals surface area contributed by atoms with Crippen molar-refractivity contribution in [3.63, 3.8) is 0 Å². The smallest absolute Gasteiger partial charge is 0.147 e. The van der Waals surface area contributed by atoms with Gasteiger partial charge in [-0.2, -0.15) is 0 Å². The minimum atomic E-state index is -3.09. The van der Waals surface area contributed by atoms with E-state index in [0.717, 1.165) is 22.9 Å². The van der Waals surface area contributed by atoms with Crippen molar-refractivity contribution in [2.75, 3.05) is 0 Å². The molecule has 0 saturated heterocycles. The van der Waals surface area contributed by atoms with Crippen LogP contribution in [0.15, 0.2) is 88.3 Å². The predicted molar refractivity (Wildman–Crippen MR) is 204 cm³/mol. The second-order valence-electron chi connectivity index (χ2n) is 14.5. The first-order chi connectivity index (χ1) is 20.7. The summed E-state index contributed by atoms with van der Waals surface area (Å²) in [5.41, 5.74) is 14.4. The van der Waals surface area contributed by atoms with Crippen LogP contribution in [0.5, 0.6) is 0 Å². The topological polar surface area (TPSA) is 0 Å². The number of allylic oxidation sites excluding steroid dienone is 4. The molecule has 6 rings (SSSR count). The SMILES string of the molecule is Cc1cc2c(cc1C(C)(C)C)-c1cc(C(C)(C)C)c(C)[c]([Hf]([C]3=CC=CC3)=[C](c3ccc(Cl)cc3)c3ccc(Cl)cc3)c1C2.Cl.Cl. The van der Waals surface area contributed by atoms with Crippen molar-refractivity contribution in [1.82, 2.24) is 0 Å². The third kappa shape index (κ3) is 7.02. The molecule has 2 aliphatic carbocycles. The molecule has 0 aromatic heterocycles. The molecule has 0 unspecified atom stereocenters. The van der Waals surface area contributed by atoms with Gasteiger partial charge in [0.25, 0.3) is 0 Å². The van der Waals surface area contributed by atoms with Gasteiger partial charge in [-0.3, -0.25) is 0 Å². The van der Waals surface area contributed by atoms with Crippen LogP contribution in [-0.2, 0) is 38.2 Å². The molecule has 0 saturated carbocycles. The summed E-state index contributed by atoms with van der Waals surface area (Å²) in [6.45, 7) is 18.9. The van der Waals surface area contributed by atoms with E-state index >= 15 is 0 Å². The minimum Gasteiger partial charge on any atom is -0.147 e. The number of rotatable bonds is 4. The number of aryl methyl sites for hydroxylation is 1. The molecule has 46 heavy (non-hydrogen) atoms. The molecule has 0 amide bonds. The van der Waals surface area contributed by atoms with Gasteiger partial charge in [0, 0.05) is 0 Å². The zero-order chi connectivity index (χ0) is 31.6. The number of hydrogen-bond acceptors (Lipinski definition) is 0. The zero-order valence-corrected chi connectivity index (χ0v) is 34.8. The molecule has 0 spiro atoms. The molecule has 0 atom stereocenters. The van der Waals surface area contributed by atoms with Gasteiger partial charge in [0.05, 0.1) is 0 Å². The Hall–Kier alpha value is -1.74. The molecule has 240 valence electrons. The number of hydrogen-bond donors (Lipinski definition) is 0. The molecule has 2 aliphatic rings. The van der Waals surface area contributed by atoms with Crippen LogP contribution in [0.2, 0.25) is 10.0 Å². The standard InChI is InChI=1S/C23H29.C13H8Cl2.C5H5.2ClH.Hf/c1-14-9-16-11-17-10-15(2)21(23(6,7)8)13-19(17)18(16)12-20(14)22(3,4)5;14-12-5-1-10(2-6-12)9-11-3-7-13(15)8-4-11;1-2-4-5-3-1;;;/h9,12-13H,11H2,1-8H3;1-8H;1-3H,4H2;2*1H;. The Labute approximate surface area is 306 Å². The fourth-order valence-electron chi connectivity index (χ4n) is 7.31. The number of fused-ring (bicyclic) bond motifs is 3. The predicted octanol–water partition coefficient (Wildman–Crippen LogP) is 12.0. The summed E-state index contributed by atoms with van der Waals surface area (Å²) < 4.78 is 4.81. The second kappa shape index (κ2) is 14.0. The monoisotopic (exact) mass is 856 g/mol. The van der Waals surface area contributed by atoms with Crippen molar-refractivity contribution in [3.8, 4) is 11.1 Å². The molecular weight excluding hydrogens is 813 g/mol. The minimum absolute atomic E-state index is 0. The van der Waals surface area contributed by atoms with Crippen molar-refractivity contribution >= 4 is 54.6 Å². The van der Waals surface area contributed by atoms with E-state index in [2.05, 4.69) is 116 Å². The van der Waals surface area contributed by atoms with Gasteiger partial charge >= 0.3 is 284 Å². The largest absolute Gasteiger partial charge is 0.147 e. The van der Waals surface area contributed by atoms with Crippen molar-refractivity contribution in [2.24, 2.45) is 0 Å². The molecular formula is C41H44Cl4Hf. The molecule has 0 N–H and O–H groups in total. The number of halogens is 4. The Morgan fingerprint density at radius 3 is 1.70 bits per heavy atom. The van der Waals surface area contributed by atoms with Crippen LogP contribution in [0, 0.1) is 13.8 Å². The Bertz CT molecular complexity index is 1830.